The van der Waals surface area contributed by atoms with Crippen LogP contribution in [0.15, 0.2) is 66.9 Å². The van der Waals surface area contributed by atoms with E-state index in [1.165, 1.54) is 5.56 Å². The maximum atomic E-state index is 12.9. The van der Waals surface area contributed by atoms with E-state index >= 15 is 0 Å². The molecule has 0 saturated carbocycles. The summed E-state index contributed by atoms with van der Waals surface area (Å²) in [5, 5.41) is 15.9. The van der Waals surface area contributed by atoms with Crippen LogP contribution in [-0.2, 0) is 19.8 Å². The number of fused-ring (bicyclic) bond motifs is 1. The average Bonchev–Trinajstić information content (AvgIpc) is 3.73. The van der Waals surface area contributed by atoms with Crippen molar-refractivity contribution in [1.82, 2.24) is 25.2 Å². The van der Waals surface area contributed by atoms with E-state index in [0.717, 1.165) is 62.9 Å². The Morgan fingerprint density at radius 3 is 2.58 bits per heavy atom. The Hall–Kier alpha value is -5.26. The number of benzene rings is 2. The van der Waals surface area contributed by atoms with Gasteiger partial charge in [0.25, 0.3) is 5.91 Å². The van der Waals surface area contributed by atoms with Crippen LogP contribution >= 0.6 is 0 Å². The molecule has 4 amide bonds. The molecule has 2 aliphatic rings. The Morgan fingerprint density at radius 2 is 1.76 bits per heavy atom. The number of hydrogen-bond donors (Lipinski definition) is 4. The lowest BCUT2D eigenvalue weighted by Crippen LogP contribution is -2.47. The number of carbonyl (C=O) groups excluding carboxylic acids is 4. The van der Waals surface area contributed by atoms with Gasteiger partial charge in [-0.15, -0.1) is 5.10 Å². The number of piperidine rings is 1. The second-order valence-electron chi connectivity index (χ2n) is 13.7. The van der Waals surface area contributed by atoms with Gasteiger partial charge in [0.05, 0.1) is 11.9 Å². The minimum atomic E-state index is -0.481. The van der Waals surface area contributed by atoms with E-state index in [1.54, 1.807) is 22.7 Å². The zero-order valence-corrected chi connectivity index (χ0v) is 28.8. The van der Waals surface area contributed by atoms with Crippen molar-refractivity contribution >= 4 is 46.3 Å². The molecule has 0 aliphatic carbocycles. The maximum Gasteiger partial charge on any atom is 0.290 e. The summed E-state index contributed by atoms with van der Waals surface area (Å²) in [5.41, 5.74) is 5.53. The molecule has 4 heterocycles. The van der Waals surface area contributed by atoms with Gasteiger partial charge in [0.15, 0.2) is 5.65 Å². The van der Waals surface area contributed by atoms with Crippen LogP contribution in [0.1, 0.15) is 86.5 Å². The smallest absolute Gasteiger partial charge is 0.290 e. The van der Waals surface area contributed by atoms with Crippen molar-refractivity contribution in [3.63, 3.8) is 0 Å². The predicted octanol–water partition coefficient (Wildman–Crippen LogP) is 5.13. The molecule has 4 N–H and O–H groups in total. The summed E-state index contributed by atoms with van der Waals surface area (Å²) in [4.78, 5) is 55.7. The van der Waals surface area contributed by atoms with E-state index in [1.807, 2.05) is 19.2 Å². The van der Waals surface area contributed by atoms with Gasteiger partial charge in [-0.3, -0.25) is 24.5 Å². The number of pyridine rings is 1. The van der Waals surface area contributed by atoms with Gasteiger partial charge >= 0.3 is 0 Å². The Morgan fingerprint density at radius 1 is 0.980 bits per heavy atom. The lowest BCUT2D eigenvalue weighted by Gasteiger charge is -2.26. The van der Waals surface area contributed by atoms with E-state index in [-0.39, 0.29) is 34.9 Å². The van der Waals surface area contributed by atoms with Crippen LogP contribution in [0, 0.1) is 6.92 Å². The molecule has 262 valence electrons. The van der Waals surface area contributed by atoms with Gasteiger partial charge in [0.1, 0.15) is 6.04 Å². The number of aromatic nitrogens is 3. The van der Waals surface area contributed by atoms with Crippen LogP contribution in [-0.4, -0.2) is 63.9 Å². The number of nitrogens with zero attached hydrogens (tertiary/aromatic N) is 4. The highest BCUT2D eigenvalue weighted by Gasteiger charge is 2.35. The van der Waals surface area contributed by atoms with Crippen LogP contribution in [0.4, 0.5) is 17.1 Å². The molecule has 2 atom stereocenters. The maximum absolute atomic E-state index is 12.9. The zero-order valence-electron chi connectivity index (χ0n) is 28.8. The summed E-state index contributed by atoms with van der Waals surface area (Å²) < 4.78 is 1.73. The fourth-order valence-corrected chi connectivity index (χ4v) is 6.82. The van der Waals surface area contributed by atoms with Crippen LogP contribution in [0.5, 0.6) is 0 Å². The molecule has 2 aromatic heterocycles. The van der Waals surface area contributed by atoms with Gasteiger partial charge in [0, 0.05) is 49.3 Å². The van der Waals surface area contributed by atoms with Crippen LogP contribution in [0.3, 0.4) is 0 Å². The number of nitrogens with one attached hydrogen (secondary N) is 4. The van der Waals surface area contributed by atoms with Gasteiger partial charge in [-0.2, -0.15) is 0 Å². The van der Waals surface area contributed by atoms with Gasteiger partial charge in [-0.25, -0.2) is 9.50 Å². The molecule has 2 fully saturated rings. The summed E-state index contributed by atoms with van der Waals surface area (Å²) in [6, 6.07) is 19.5. The number of aryl methyl sites for hydroxylation is 1. The first-order chi connectivity index (χ1) is 24.2. The molecule has 0 radical (unpaired) electrons. The molecule has 0 bridgehead atoms. The standard InChI is InChI=1S/C38H46N8O4/c1-26-22-30(45-21-19-38(2,25-45)27-12-7-6-8-13-27)24-46-35(26)43-34(44-46)37(50)39-20-10-5-3-4-9-16-32(47)41-29-15-11-14-28(23-29)40-31-17-18-33(48)42-36(31)49/h6-8,11-15,22-24,31,40H,3-5,9-10,16-21,25H2,1-2H3,(H,39,50)(H,41,47)(H,42,48,49)/t31?,38-/m0/s1. The fraction of sp³-hybridized carbons (Fsp3) is 0.421. The van der Waals surface area contributed by atoms with E-state index in [4.69, 9.17) is 0 Å². The number of carbonyl (C=O) groups is 4. The monoisotopic (exact) mass is 678 g/mol. The molecule has 50 heavy (non-hydrogen) atoms. The zero-order chi connectivity index (χ0) is 35.1. The molecule has 2 saturated heterocycles. The van der Waals surface area contributed by atoms with Crippen LogP contribution in [0.2, 0.25) is 0 Å². The summed E-state index contributed by atoms with van der Waals surface area (Å²) in [5.74, 6) is -0.768. The summed E-state index contributed by atoms with van der Waals surface area (Å²) in [6.45, 7) is 6.73. The number of unbranched alkanes of at least 4 members (excludes halogenated alkanes) is 4. The SMILES string of the molecule is Cc1cc(N2CC[C@](C)(c3ccccc3)C2)cn2nc(C(=O)NCCCCCCCC(=O)Nc3cccc(NC4CCC(=O)NC4=O)c3)nc12. The molecule has 4 aromatic rings. The summed E-state index contributed by atoms with van der Waals surface area (Å²) >= 11 is 0. The molecular weight excluding hydrogens is 632 g/mol. The minimum absolute atomic E-state index is 0.0659. The van der Waals surface area contributed by atoms with E-state index in [9.17, 15) is 19.2 Å². The highest BCUT2D eigenvalue weighted by molar-refractivity contribution is 6.01. The quantitative estimate of drug-likeness (QED) is 0.106. The van der Waals surface area contributed by atoms with Crippen LogP contribution < -0.4 is 26.2 Å². The predicted molar refractivity (Wildman–Crippen MR) is 193 cm³/mol. The van der Waals surface area contributed by atoms with Gasteiger partial charge in [-0.05, 0) is 68.0 Å². The number of imide groups is 1. The highest BCUT2D eigenvalue weighted by Crippen LogP contribution is 2.36. The van der Waals surface area contributed by atoms with Crippen molar-refractivity contribution in [3.05, 3.63) is 83.8 Å². The Labute approximate surface area is 292 Å². The third-order valence-corrected chi connectivity index (χ3v) is 9.71. The largest absolute Gasteiger partial charge is 0.374 e. The Bertz CT molecular complexity index is 1860. The molecule has 6 rings (SSSR count). The lowest BCUT2D eigenvalue weighted by molar-refractivity contribution is -0.133. The third kappa shape index (κ3) is 8.47. The van der Waals surface area contributed by atoms with Crippen molar-refractivity contribution in [1.29, 1.82) is 0 Å². The topological polar surface area (TPSA) is 150 Å². The van der Waals surface area contributed by atoms with E-state index < -0.39 is 6.04 Å². The first kappa shape index (κ1) is 34.6. The Balaban J connectivity index is 0.882. The molecular formula is C38H46N8O4. The molecule has 12 nitrogen and oxygen atoms in total. The summed E-state index contributed by atoms with van der Waals surface area (Å²) in [6.07, 6.45) is 8.59. The first-order valence-corrected chi connectivity index (χ1v) is 17.6. The molecule has 2 aliphatic heterocycles. The normalized spacial score (nSPS) is 19.0. The number of amides is 4. The van der Waals surface area contributed by atoms with Crippen molar-refractivity contribution in [2.24, 2.45) is 0 Å². The molecule has 12 heteroatoms. The minimum Gasteiger partial charge on any atom is -0.374 e. The van der Waals surface area contributed by atoms with E-state index in [2.05, 4.69) is 79.6 Å². The third-order valence-electron chi connectivity index (χ3n) is 9.71. The van der Waals surface area contributed by atoms with Crippen molar-refractivity contribution in [3.8, 4) is 0 Å². The van der Waals surface area contributed by atoms with Gasteiger partial charge in [-0.1, -0.05) is 62.6 Å². The van der Waals surface area contributed by atoms with Crippen LogP contribution in [0.25, 0.3) is 5.65 Å². The Kier molecular flexibility index (Phi) is 10.7. The lowest BCUT2D eigenvalue weighted by atomic mass is 9.82. The number of rotatable bonds is 14. The van der Waals surface area contributed by atoms with Crippen molar-refractivity contribution < 1.29 is 19.2 Å². The second kappa shape index (κ2) is 15.5. The number of hydrogen-bond acceptors (Lipinski definition) is 8. The first-order valence-electron chi connectivity index (χ1n) is 17.6. The second-order valence-corrected chi connectivity index (χ2v) is 13.7. The van der Waals surface area contributed by atoms with Gasteiger partial charge < -0.3 is 20.9 Å². The van der Waals surface area contributed by atoms with Crippen molar-refractivity contribution in [2.45, 2.75) is 83.1 Å². The fourth-order valence-electron chi connectivity index (χ4n) is 6.82. The highest BCUT2D eigenvalue weighted by atomic mass is 16.2. The number of anilines is 3. The molecule has 1 unspecified atom stereocenters. The average molecular weight is 679 g/mol. The van der Waals surface area contributed by atoms with E-state index in [0.29, 0.717) is 42.8 Å². The van der Waals surface area contributed by atoms with Gasteiger partial charge in [0.2, 0.25) is 23.5 Å². The van der Waals surface area contributed by atoms with Crippen molar-refractivity contribution in [2.75, 3.05) is 35.2 Å². The summed E-state index contributed by atoms with van der Waals surface area (Å²) in [7, 11) is 0. The molecule has 2 aromatic carbocycles. The molecule has 0 spiro atoms.